The Hall–Kier alpha value is -10.5. The third-order valence-corrected chi connectivity index (χ3v) is 16.1. The van der Waals surface area contributed by atoms with E-state index in [4.69, 9.17) is 104 Å². The zero-order valence-electron chi connectivity index (χ0n) is 63.0. The van der Waals surface area contributed by atoms with Gasteiger partial charge in [-0.15, -0.1) is 11.3 Å². The summed E-state index contributed by atoms with van der Waals surface area (Å²) >= 11 is 1.37. The minimum Gasteiger partial charge on any atom is -0.463 e. The summed E-state index contributed by atoms with van der Waals surface area (Å²) in [6, 6.07) is 18.4. The van der Waals surface area contributed by atoms with E-state index in [-0.39, 0.29) is 136 Å². The van der Waals surface area contributed by atoms with Crippen molar-refractivity contribution in [2.75, 3.05) is 72.8 Å². The van der Waals surface area contributed by atoms with Gasteiger partial charge in [-0.05, 0) is 87.3 Å². The number of aryl methyl sites for hydroxylation is 2. The van der Waals surface area contributed by atoms with Crippen molar-refractivity contribution in [3.05, 3.63) is 123 Å². The van der Waals surface area contributed by atoms with Gasteiger partial charge in [-0.2, -0.15) is 5.75 Å². The molecule has 8 heterocycles. The molecule has 9 unspecified atom stereocenters. The maximum Gasteiger partial charge on any atom is 0.506 e. The molecule has 2 aromatic carbocycles. The number of carbonyl (C=O) groups is 12. The molecule has 1 radical (unpaired) electrons. The normalized spacial score (nSPS) is 18.6. The summed E-state index contributed by atoms with van der Waals surface area (Å²) in [5.74, 6) is 1.09. The Kier molecular flexibility index (Phi) is 62.2. The fraction of sp³-hybridized carbons (Fsp3) is 0.507. The number of ether oxygens (including phenoxy) is 17. The van der Waals surface area contributed by atoms with Crippen LogP contribution in [0.3, 0.4) is 0 Å². The second-order valence-electron chi connectivity index (χ2n) is 22.0. The number of pyridine rings is 1. The zero-order valence-corrected chi connectivity index (χ0v) is 68.4. The molecular weight excluding hydrogens is 1740 g/mol. The molecule has 6 fully saturated rings. The standard InChI is InChI=1S/C10H12O3.C8H12O5.C8H8O3.C7H7NO3.C7H10O5.C5H5NO3S.C5H7O5S.C5H8O4.C5H10O4.C3H6O3.2C2H4O3.Pr/c1-7-4-3-5-8(2)9(7)6-13-10(11)12;9-8(10)13-6-4-12-7-5(6)2-1-3-11-7;9-8(10)11-6-7-4-2-1-3-5-7;9-7(10)11-5-6-2-1-3-8-4-6;8-7(9)12-5-3-11-6-4(5)1-2-10-6;7-5(8)9-2-4-1-6-3-10-4;6-5(7)10-4-1-2-11(8,9)3-4;6-5(7)9-4-1-2-8-3-4;1-2-4(3-6)9-5(7)8;1-2-6-3(4)5;2*1-5-2(3)4;/h3-5H,6H2,1-2H3,(H,11,12);5-7H,1-4H2,(H,9,10);1-5H,6H2,(H,9,10);1-4H,5H2,(H,9,10);4-6H,1-3H2,(H,8,9);1,3H,2H2,(H,7,8);3-4H,1-2H2,(H,6,7);4H,1-3H2,(H,6,7);4,6H,2-3H2,1H3,(H,7,8);2H2,1H3,(H,4,5);2*1H3,(H,3,4);/q;;;;;;-1;;;;;;. The number of carboxylic acid groups (broad SMARTS) is 12. The van der Waals surface area contributed by atoms with Crippen LogP contribution in [-0.4, -0.2) is 275 Å². The van der Waals surface area contributed by atoms with Crippen molar-refractivity contribution in [3.8, 4) is 0 Å². The molecule has 13 N–H and O–H groups in total. The number of nitrogens with zero attached hydrogens (tertiary/aromatic N) is 2. The van der Waals surface area contributed by atoms with Gasteiger partial charge >= 0.3 is 73.9 Å². The summed E-state index contributed by atoms with van der Waals surface area (Å²) in [6.45, 7) is 10.6. The van der Waals surface area contributed by atoms with Crippen LogP contribution >= 0.6 is 11.3 Å². The van der Waals surface area contributed by atoms with E-state index in [2.05, 4.69) is 62.1 Å². The Morgan fingerprint density at radius 1 is 0.509 bits per heavy atom. The molecule has 651 valence electrons. The van der Waals surface area contributed by atoms with Crippen molar-refractivity contribution >= 4 is 95.0 Å². The van der Waals surface area contributed by atoms with Crippen molar-refractivity contribution < 1.29 is 254 Å². The van der Waals surface area contributed by atoms with Crippen LogP contribution in [0.15, 0.2) is 84.8 Å². The molecule has 116 heavy (non-hydrogen) atoms. The molecule has 10 rings (SSSR count). The molecule has 0 amide bonds. The van der Waals surface area contributed by atoms with Crippen molar-refractivity contribution in [1.29, 1.82) is 0 Å². The van der Waals surface area contributed by atoms with Crippen molar-refractivity contribution in [2.45, 2.75) is 136 Å². The molecule has 9 atom stereocenters. The smallest absolute Gasteiger partial charge is 0.463 e. The van der Waals surface area contributed by atoms with Gasteiger partial charge in [0.05, 0.1) is 76.8 Å². The maximum atomic E-state index is 10.7. The van der Waals surface area contributed by atoms with Crippen LogP contribution in [-0.2, 0) is 117 Å². The van der Waals surface area contributed by atoms with Crippen molar-refractivity contribution in [1.82, 2.24) is 9.97 Å². The predicted octanol–water partition coefficient (Wildman–Crippen LogP) is 10.5. The van der Waals surface area contributed by atoms with Crippen LogP contribution < -0.4 is 0 Å². The molecule has 0 spiro atoms. The van der Waals surface area contributed by atoms with Crippen molar-refractivity contribution in [3.63, 3.8) is 0 Å². The van der Waals surface area contributed by atoms with Gasteiger partial charge in [0.2, 0.25) is 0 Å². The van der Waals surface area contributed by atoms with Crippen LogP contribution in [0.4, 0.5) is 57.5 Å². The van der Waals surface area contributed by atoms with Crippen LogP contribution in [0.2, 0.25) is 0 Å². The van der Waals surface area contributed by atoms with E-state index in [0.29, 0.717) is 52.5 Å². The fourth-order valence-corrected chi connectivity index (χ4v) is 10.5. The Morgan fingerprint density at radius 2 is 0.991 bits per heavy atom. The fourth-order valence-electron chi connectivity index (χ4n) is 8.69. The number of aliphatic hydroxyl groups is 1. The van der Waals surface area contributed by atoms with E-state index in [9.17, 15) is 56.4 Å². The molecule has 6 aliphatic rings. The first-order chi connectivity index (χ1) is 54.3. The summed E-state index contributed by atoms with van der Waals surface area (Å²) in [6.07, 6.45) is -9.07. The van der Waals surface area contributed by atoms with Crippen molar-refractivity contribution in [2.24, 2.45) is 11.8 Å². The zero-order chi connectivity index (χ0) is 87.3. The van der Waals surface area contributed by atoms with Crippen LogP contribution in [0, 0.1) is 72.7 Å². The summed E-state index contributed by atoms with van der Waals surface area (Å²) in [5.41, 5.74) is 6.29. The molecule has 46 nitrogen and oxygen atoms in total. The van der Waals surface area contributed by atoms with Gasteiger partial charge in [-0.3, -0.25) is 18.4 Å². The molecule has 0 bridgehead atoms. The maximum absolute atomic E-state index is 10.7. The Morgan fingerprint density at radius 3 is 1.38 bits per heavy atom. The van der Waals surface area contributed by atoms with Crippen LogP contribution in [0.5, 0.6) is 0 Å². The average molecular weight is 1840 g/mol. The van der Waals surface area contributed by atoms with Gasteiger partial charge in [-0.25, -0.2) is 57.5 Å². The topological polar surface area (TPSA) is 685 Å². The number of aliphatic hydroxyl groups excluding tert-OH is 1. The van der Waals surface area contributed by atoms with E-state index in [1.165, 1.54) is 11.3 Å². The summed E-state index contributed by atoms with van der Waals surface area (Å²) in [5, 5.41) is 105. The quantitative estimate of drug-likeness (QED) is 0.0281. The monoisotopic (exact) mass is 1830 g/mol. The first-order valence-electron chi connectivity index (χ1n) is 33.2. The van der Waals surface area contributed by atoms with Gasteiger partial charge in [0, 0.05) is 100.0 Å². The number of thiazole rings is 1. The van der Waals surface area contributed by atoms with E-state index >= 15 is 0 Å². The second-order valence-corrected chi connectivity index (χ2v) is 24.9. The number of benzene rings is 2. The molecule has 49 heteroatoms. The van der Waals surface area contributed by atoms with E-state index in [0.717, 1.165) is 71.9 Å². The second kappa shape index (κ2) is 65.8. The summed E-state index contributed by atoms with van der Waals surface area (Å²) < 4.78 is 98.1. The summed E-state index contributed by atoms with van der Waals surface area (Å²) in [4.78, 5) is 126. The molecule has 2 aromatic heterocycles. The number of hydrogen-bond acceptors (Lipinski definition) is 35. The first-order valence-corrected chi connectivity index (χ1v) is 35.8. The van der Waals surface area contributed by atoms with Crippen LogP contribution in [0.1, 0.15) is 85.1 Å². The third kappa shape index (κ3) is 60.1. The van der Waals surface area contributed by atoms with E-state index in [1.807, 2.05) is 62.4 Å². The number of aromatic nitrogens is 2. The Bertz CT molecular complexity index is 3460. The number of rotatable bonds is 16. The predicted molar refractivity (Wildman–Crippen MR) is 382 cm³/mol. The van der Waals surface area contributed by atoms with Gasteiger partial charge in [0.15, 0.2) is 12.6 Å². The van der Waals surface area contributed by atoms with E-state index < -0.39 is 95.9 Å². The molecule has 6 aliphatic heterocycles. The molecule has 0 aliphatic carbocycles. The number of methoxy groups -OCH3 is 2. The Balaban J connectivity index is -0.00000121. The Labute approximate surface area is 698 Å². The van der Waals surface area contributed by atoms with Gasteiger partial charge in [-0.1, -0.05) is 61.5 Å². The number of fused-ring (bicyclic) bond motifs is 2. The van der Waals surface area contributed by atoms with Gasteiger partial charge < -0.3 is 147 Å². The van der Waals surface area contributed by atoms with Gasteiger partial charge in [0.1, 0.15) is 50.8 Å². The molecule has 0 saturated carbocycles. The largest absolute Gasteiger partial charge is 0.506 e. The third-order valence-electron chi connectivity index (χ3n) is 13.8. The number of sulfone groups is 1. The van der Waals surface area contributed by atoms with Crippen LogP contribution in [0.25, 0.3) is 0 Å². The SMILES string of the molecule is CCC(CO)OC(=O)O.CCOC(=O)O.COC(=O)O.COC(=O)O.Cc1cccc(C)c1COC(=O)O.O=C(O)OC1CCOC1.O=C(O)OC1COC2OCCC12.O=C(O)OC1COC2OCCCC12.O=C(O)OC1[CH-]S(=O)(=O)CC1.O=C(O)OCc1ccccc1.O=C(O)OCc1cccnc1.O=C(O)OCc1cncs1.[Pr]. The molecule has 4 aromatic rings. The molecule has 6 saturated heterocycles. The molecular formula is C67H93N2O44PrS2-. The average Bonchev–Trinajstić information content (AvgIpc) is 1.69. The van der Waals surface area contributed by atoms with E-state index in [1.54, 1.807) is 50.1 Å². The van der Waals surface area contributed by atoms with Gasteiger partial charge in [0.25, 0.3) is 0 Å². The minimum atomic E-state index is -3.15. The minimum absolute atomic E-state index is 0. The number of hydrogen-bond donors (Lipinski definition) is 13. The first kappa shape index (κ1) is 110. The summed E-state index contributed by atoms with van der Waals surface area (Å²) in [7, 11) is -0.955.